The van der Waals surface area contributed by atoms with E-state index in [1.165, 1.54) is 48.9 Å². The van der Waals surface area contributed by atoms with Gasteiger partial charge >= 0.3 is 0 Å². The summed E-state index contributed by atoms with van der Waals surface area (Å²) in [6.45, 7) is 3.60. The highest BCUT2D eigenvalue weighted by atomic mass is 15.1. The molecule has 0 amide bonds. The molecule has 0 bridgehead atoms. The van der Waals surface area contributed by atoms with Crippen LogP contribution in [0.15, 0.2) is 30.3 Å². The number of aromatic amines is 1. The van der Waals surface area contributed by atoms with Gasteiger partial charge in [-0.05, 0) is 43.5 Å². The summed E-state index contributed by atoms with van der Waals surface area (Å²) in [6, 6.07) is 10.7. The number of piperidine rings is 1. The molecule has 1 saturated heterocycles. The molecule has 0 unspecified atom stereocenters. The highest BCUT2D eigenvalue weighted by molar-refractivity contribution is 5.80. The number of para-hydroxylation sites is 1. The van der Waals surface area contributed by atoms with Gasteiger partial charge in [-0.25, -0.2) is 0 Å². The van der Waals surface area contributed by atoms with Crippen LogP contribution < -0.4 is 0 Å². The van der Waals surface area contributed by atoms with Gasteiger partial charge in [0.2, 0.25) is 0 Å². The minimum absolute atomic E-state index is 1.08. The molecule has 0 atom stereocenters. The second kappa shape index (κ2) is 4.92. The van der Waals surface area contributed by atoms with E-state index in [0.717, 1.165) is 6.54 Å². The molecular formula is C15H19N2. The number of aromatic nitrogens is 1. The van der Waals surface area contributed by atoms with Crippen molar-refractivity contribution in [1.29, 1.82) is 0 Å². The fourth-order valence-corrected chi connectivity index (χ4v) is 2.58. The van der Waals surface area contributed by atoms with Crippen LogP contribution in [0.25, 0.3) is 10.9 Å². The number of benzene rings is 1. The van der Waals surface area contributed by atoms with Crippen molar-refractivity contribution < 1.29 is 0 Å². The monoisotopic (exact) mass is 227 g/mol. The van der Waals surface area contributed by atoms with Crippen LogP contribution >= 0.6 is 0 Å². The standard InChI is InChI=1S/C15H19N2/c1-4-9-17(10-5-1)11-8-14-12-13-6-2-3-7-15(13)16-14/h2-3,6-8,12,16H,1,4-5,9-11H2. The van der Waals surface area contributed by atoms with Gasteiger partial charge in [-0.3, -0.25) is 0 Å². The summed E-state index contributed by atoms with van der Waals surface area (Å²) in [7, 11) is 0. The second-order valence-electron chi connectivity index (χ2n) is 4.88. The maximum Gasteiger partial charge on any atom is 0.0456 e. The molecule has 1 aromatic carbocycles. The van der Waals surface area contributed by atoms with Crippen molar-refractivity contribution in [3.05, 3.63) is 42.4 Å². The van der Waals surface area contributed by atoms with Crippen molar-refractivity contribution >= 4 is 10.9 Å². The van der Waals surface area contributed by atoms with Crippen molar-refractivity contribution in [2.45, 2.75) is 19.3 Å². The van der Waals surface area contributed by atoms with Crippen LogP contribution in [0.3, 0.4) is 0 Å². The van der Waals surface area contributed by atoms with Crippen LogP contribution in [0, 0.1) is 6.42 Å². The van der Waals surface area contributed by atoms with E-state index >= 15 is 0 Å². The Bertz CT molecular complexity index is 447. The van der Waals surface area contributed by atoms with E-state index in [0.29, 0.717) is 0 Å². The molecular weight excluding hydrogens is 208 g/mol. The SMILES string of the molecule is [CH](CN1CCCCC1)c1cc2ccccc2[nH]1. The lowest BCUT2D eigenvalue weighted by atomic mass is 10.1. The Balaban J connectivity index is 1.64. The molecule has 17 heavy (non-hydrogen) atoms. The van der Waals surface area contributed by atoms with Gasteiger partial charge < -0.3 is 9.88 Å². The summed E-state index contributed by atoms with van der Waals surface area (Å²) in [6.07, 6.45) is 6.44. The van der Waals surface area contributed by atoms with Crippen molar-refractivity contribution in [3.8, 4) is 0 Å². The van der Waals surface area contributed by atoms with E-state index in [1.807, 2.05) is 0 Å². The Labute approximate surface area is 103 Å². The molecule has 1 N–H and O–H groups in total. The lowest BCUT2D eigenvalue weighted by Gasteiger charge is -2.25. The highest BCUT2D eigenvalue weighted by Crippen LogP contribution is 2.17. The molecule has 1 aliphatic rings. The predicted molar refractivity (Wildman–Crippen MR) is 72.0 cm³/mol. The lowest BCUT2D eigenvalue weighted by Crippen LogP contribution is -2.30. The topological polar surface area (TPSA) is 19.0 Å². The van der Waals surface area contributed by atoms with Gasteiger partial charge in [-0.1, -0.05) is 24.6 Å². The fraction of sp³-hybridized carbons (Fsp3) is 0.400. The van der Waals surface area contributed by atoms with E-state index in [4.69, 9.17) is 0 Å². The van der Waals surface area contributed by atoms with E-state index in [2.05, 4.69) is 46.6 Å². The fourth-order valence-electron chi connectivity index (χ4n) is 2.58. The van der Waals surface area contributed by atoms with Crippen molar-refractivity contribution in [1.82, 2.24) is 9.88 Å². The lowest BCUT2D eigenvalue weighted by molar-refractivity contribution is 0.246. The average Bonchev–Trinajstić information content (AvgIpc) is 2.80. The molecule has 1 fully saturated rings. The van der Waals surface area contributed by atoms with Crippen LogP contribution in [0.4, 0.5) is 0 Å². The molecule has 1 aliphatic heterocycles. The third-order valence-corrected chi connectivity index (χ3v) is 3.57. The van der Waals surface area contributed by atoms with Crippen LogP contribution in [0.2, 0.25) is 0 Å². The van der Waals surface area contributed by atoms with Crippen LogP contribution in [0.1, 0.15) is 25.0 Å². The minimum Gasteiger partial charge on any atom is -0.358 e. The van der Waals surface area contributed by atoms with E-state index < -0.39 is 0 Å². The minimum atomic E-state index is 1.08. The summed E-state index contributed by atoms with van der Waals surface area (Å²) >= 11 is 0. The molecule has 2 heterocycles. The molecule has 2 nitrogen and oxygen atoms in total. The average molecular weight is 227 g/mol. The number of hydrogen-bond donors (Lipinski definition) is 1. The number of H-pyrrole nitrogens is 1. The molecule has 2 aromatic rings. The predicted octanol–water partition coefficient (Wildman–Crippen LogP) is 3.21. The molecule has 2 heteroatoms. The van der Waals surface area contributed by atoms with Crippen molar-refractivity contribution in [3.63, 3.8) is 0 Å². The molecule has 1 aromatic heterocycles. The summed E-state index contributed by atoms with van der Waals surface area (Å²) in [5, 5.41) is 1.30. The van der Waals surface area contributed by atoms with Gasteiger partial charge in [0.1, 0.15) is 0 Å². The van der Waals surface area contributed by atoms with Gasteiger partial charge in [0.15, 0.2) is 0 Å². The first kappa shape index (κ1) is 10.8. The van der Waals surface area contributed by atoms with Crippen LogP contribution in [-0.4, -0.2) is 29.5 Å². The molecule has 0 aliphatic carbocycles. The number of fused-ring (bicyclic) bond motifs is 1. The summed E-state index contributed by atoms with van der Waals surface area (Å²) in [5.41, 5.74) is 2.48. The maximum atomic E-state index is 3.45. The normalized spacial score (nSPS) is 17.6. The van der Waals surface area contributed by atoms with Gasteiger partial charge in [0, 0.05) is 24.2 Å². The van der Waals surface area contributed by atoms with Crippen LogP contribution in [0.5, 0.6) is 0 Å². The molecule has 1 radical (unpaired) electrons. The number of nitrogens with one attached hydrogen (secondary N) is 1. The Kier molecular flexibility index (Phi) is 3.14. The van der Waals surface area contributed by atoms with Crippen molar-refractivity contribution in [2.75, 3.05) is 19.6 Å². The molecule has 3 rings (SSSR count). The zero-order chi connectivity index (χ0) is 11.5. The molecule has 0 saturated carbocycles. The van der Waals surface area contributed by atoms with E-state index in [9.17, 15) is 0 Å². The first-order valence-corrected chi connectivity index (χ1v) is 6.55. The van der Waals surface area contributed by atoms with Gasteiger partial charge in [0.05, 0.1) is 0 Å². The molecule has 89 valence electrons. The summed E-state index contributed by atoms with van der Waals surface area (Å²) in [4.78, 5) is 5.99. The summed E-state index contributed by atoms with van der Waals surface area (Å²) in [5.74, 6) is 0. The highest BCUT2D eigenvalue weighted by Gasteiger charge is 2.10. The number of rotatable bonds is 3. The zero-order valence-corrected chi connectivity index (χ0v) is 10.2. The zero-order valence-electron chi connectivity index (χ0n) is 10.2. The quantitative estimate of drug-likeness (QED) is 0.853. The number of nitrogens with zero attached hydrogens (tertiary/aromatic N) is 1. The number of hydrogen-bond acceptors (Lipinski definition) is 1. The number of likely N-dealkylation sites (tertiary alicyclic amines) is 1. The smallest absolute Gasteiger partial charge is 0.0456 e. The Morgan fingerprint density at radius 2 is 1.94 bits per heavy atom. The van der Waals surface area contributed by atoms with Crippen LogP contribution in [-0.2, 0) is 0 Å². The van der Waals surface area contributed by atoms with E-state index in [1.54, 1.807) is 0 Å². The maximum absolute atomic E-state index is 3.45. The summed E-state index contributed by atoms with van der Waals surface area (Å²) < 4.78 is 0. The molecule has 0 spiro atoms. The van der Waals surface area contributed by atoms with E-state index in [-0.39, 0.29) is 0 Å². The third kappa shape index (κ3) is 2.52. The first-order valence-electron chi connectivity index (χ1n) is 6.55. The van der Waals surface area contributed by atoms with Crippen molar-refractivity contribution in [2.24, 2.45) is 0 Å². The van der Waals surface area contributed by atoms with Gasteiger partial charge in [0.25, 0.3) is 0 Å². The van der Waals surface area contributed by atoms with Gasteiger partial charge in [-0.2, -0.15) is 0 Å². The first-order chi connectivity index (χ1) is 8.42. The Morgan fingerprint density at radius 3 is 2.76 bits per heavy atom. The second-order valence-corrected chi connectivity index (χ2v) is 4.88. The van der Waals surface area contributed by atoms with Gasteiger partial charge in [-0.15, -0.1) is 0 Å². The largest absolute Gasteiger partial charge is 0.358 e. The Hall–Kier alpha value is -1.28. The third-order valence-electron chi connectivity index (χ3n) is 3.57. The Morgan fingerprint density at radius 1 is 1.12 bits per heavy atom.